The molecule has 18 heavy (non-hydrogen) atoms. The minimum atomic E-state index is -0.928. The first kappa shape index (κ1) is 15.1. The summed E-state index contributed by atoms with van der Waals surface area (Å²) in [6, 6.07) is 8.09. The monoisotopic (exact) mass is 266 g/mol. The van der Waals surface area contributed by atoms with E-state index in [0.717, 1.165) is 17.5 Å². The van der Waals surface area contributed by atoms with Crippen LogP contribution in [0.15, 0.2) is 30.8 Å². The number of rotatable bonds is 8. The smallest absolute Gasteiger partial charge is 0.228 e. The van der Waals surface area contributed by atoms with Gasteiger partial charge < -0.3 is 13.9 Å². The molecule has 100 valence electrons. The Balaban J connectivity index is 2.58. The molecule has 0 aliphatic carbocycles. The van der Waals surface area contributed by atoms with E-state index in [1.807, 2.05) is 31.2 Å². The van der Waals surface area contributed by atoms with E-state index < -0.39 is 15.2 Å². The molecular formula is C14H22O3Si. The SMILES string of the molecule is C=Cc1ccccc1CO[SiH2]C(CC)(OC)OC. The fraction of sp³-hybridized carbons (Fsp3) is 0.429. The van der Waals surface area contributed by atoms with E-state index in [1.165, 1.54) is 0 Å². The van der Waals surface area contributed by atoms with Crippen molar-refractivity contribution in [3.8, 4) is 0 Å². The molecule has 0 saturated heterocycles. The van der Waals surface area contributed by atoms with Crippen LogP contribution in [0.3, 0.4) is 0 Å². The predicted molar refractivity (Wildman–Crippen MR) is 76.9 cm³/mol. The molecule has 0 bridgehead atoms. The van der Waals surface area contributed by atoms with Crippen molar-refractivity contribution in [3.05, 3.63) is 42.0 Å². The van der Waals surface area contributed by atoms with Gasteiger partial charge in [0.05, 0.1) is 6.61 Å². The molecule has 0 aliphatic heterocycles. The minimum absolute atomic E-state index is 0.511. The van der Waals surface area contributed by atoms with E-state index in [0.29, 0.717) is 6.61 Å². The zero-order valence-corrected chi connectivity index (χ0v) is 12.9. The molecule has 0 aliphatic rings. The summed E-state index contributed by atoms with van der Waals surface area (Å²) in [4.78, 5) is 0. The molecule has 1 aromatic rings. The summed E-state index contributed by atoms with van der Waals surface area (Å²) in [6.07, 6.45) is 2.65. The van der Waals surface area contributed by atoms with Crippen molar-refractivity contribution in [1.82, 2.24) is 0 Å². The largest absolute Gasteiger partial charge is 0.414 e. The van der Waals surface area contributed by atoms with Crippen molar-refractivity contribution in [1.29, 1.82) is 0 Å². The summed E-state index contributed by atoms with van der Waals surface area (Å²) >= 11 is 0. The molecule has 1 rings (SSSR count). The molecule has 4 heteroatoms. The predicted octanol–water partition coefficient (Wildman–Crippen LogP) is 2.29. The lowest BCUT2D eigenvalue weighted by Gasteiger charge is -2.29. The van der Waals surface area contributed by atoms with Crippen LogP contribution in [0, 0.1) is 0 Å². The summed E-state index contributed by atoms with van der Waals surface area (Å²) in [6.45, 7) is 6.43. The highest BCUT2D eigenvalue weighted by molar-refractivity contribution is 6.31. The second-order valence-corrected chi connectivity index (χ2v) is 5.84. The summed E-state index contributed by atoms with van der Waals surface area (Å²) in [5.41, 5.74) is 1.75. The summed E-state index contributed by atoms with van der Waals surface area (Å²) < 4.78 is 16.7. The Bertz CT molecular complexity index is 367. The number of benzene rings is 1. The molecule has 0 amide bonds. The van der Waals surface area contributed by atoms with Gasteiger partial charge in [-0.3, -0.25) is 0 Å². The van der Waals surface area contributed by atoms with Crippen molar-refractivity contribution < 1.29 is 13.9 Å². The third-order valence-electron chi connectivity index (χ3n) is 3.14. The molecule has 0 fully saturated rings. The maximum absolute atomic E-state index is 5.84. The standard InChI is InChI=1S/C14H22O3Si/c1-5-12-9-7-8-10-13(12)11-17-18-14(6-2,15-3)16-4/h5,7-10H,1,6,11,18H2,2-4H3. The first-order valence-corrected chi connectivity index (χ1v) is 7.38. The maximum Gasteiger partial charge on any atom is 0.228 e. The average Bonchev–Trinajstić information content (AvgIpc) is 2.44. The lowest BCUT2D eigenvalue weighted by atomic mass is 10.1. The average molecular weight is 266 g/mol. The van der Waals surface area contributed by atoms with E-state index >= 15 is 0 Å². The molecule has 3 nitrogen and oxygen atoms in total. The molecule has 0 atom stereocenters. The molecular weight excluding hydrogens is 244 g/mol. The van der Waals surface area contributed by atoms with Gasteiger partial charge in [-0.15, -0.1) is 0 Å². The molecule has 0 spiro atoms. The molecule has 0 saturated carbocycles. The quantitative estimate of drug-likeness (QED) is 0.534. The van der Waals surface area contributed by atoms with Crippen LogP contribution in [0.2, 0.25) is 0 Å². The third kappa shape index (κ3) is 3.78. The molecule has 1 aromatic carbocycles. The highest BCUT2D eigenvalue weighted by atomic mass is 28.2. The van der Waals surface area contributed by atoms with Gasteiger partial charge in [-0.1, -0.05) is 43.8 Å². The van der Waals surface area contributed by atoms with Crippen LogP contribution in [0.25, 0.3) is 6.08 Å². The van der Waals surface area contributed by atoms with Crippen molar-refractivity contribution in [2.45, 2.75) is 25.4 Å². The van der Waals surface area contributed by atoms with Crippen molar-refractivity contribution in [2.24, 2.45) is 0 Å². The van der Waals surface area contributed by atoms with Crippen LogP contribution < -0.4 is 0 Å². The Kier molecular flexibility index (Phi) is 6.28. The lowest BCUT2D eigenvalue weighted by molar-refractivity contribution is -0.153. The number of hydrogen-bond acceptors (Lipinski definition) is 3. The lowest BCUT2D eigenvalue weighted by Crippen LogP contribution is -2.41. The number of methoxy groups -OCH3 is 2. The highest BCUT2D eigenvalue weighted by Gasteiger charge is 2.28. The number of hydrogen-bond donors (Lipinski definition) is 0. The van der Waals surface area contributed by atoms with Gasteiger partial charge in [-0.05, 0) is 17.5 Å². The van der Waals surface area contributed by atoms with Gasteiger partial charge >= 0.3 is 0 Å². The Morgan fingerprint density at radius 2 is 1.94 bits per heavy atom. The van der Waals surface area contributed by atoms with Gasteiger partial charge in [-0.25, -0.2) is 0 Å². The van der Waals surface area contributed by atoms with E-state index in [1.54, 1.807) is 14.2 Å². The second-order valence-electron chi connectivity index (χ2n) is 4.07. The Morgan fingerprint density at radius 3 is 2.50 bits per heavy atom. The minimum Gasteiger partial charge on any atom is -0.414 e. The van der Waals surface area contributed by atoms with E-state index in [2.05, 4.69) is 12.6 Å². The van der Waals surface area contributed by atoms with Gasteiger partial charge in [0.15, 0.2) is 5.41 Å². The maximum atomic E-state index is 5.84. The molecule has 0 aromatic heterocycles. The molecule has 0 N–H and O–H groups in total. The summed E-state index contributed by atoms with van der Waals surface area (Å²) in [5, 5.41) is 0. The Hall–Kier alpha value is -0.943. The third-order valence-corrected chi connectivity index (χ3v) is 5.06. The van der Waals surface area contributed by atoms with Gasteiger partial charge in [0, 0.05) is 14.2 Å². The van der Waals surface area contributed by atoms with E-state index in [-0.39, 0.29) is 0 Å². The van der Waals surface area contributed by atoms with Gasteiger partial charge in [0.1, 0.15) is 0 Å². The zero-order chi connectivity index (χ0) is 13.4. The zero-order valence-electron chi connectivity index (χ0n) is 11.4. The fourth-order valence-corrected chi connectivity index (χ4v) is 2.85. The summed E-state index contributed by atoms with van der Waals surface area (Å²) in [5.74, 6) is 0. The van der Waals surface area contributed by atoms with E-state index in [9.17, 15) is 0 Å². The van der Waals surface area contributed by atoms with E-state index in [4.69, 9.17) is 13.9 Å². The van der Waals surface area contributed by atoms with Crippen LogP contribution in [0.4, 0.5) is 0 Å². The summed E-state index contributed by atoms with van der Waals surface area (Å²) in [7, 11) is 2.41. The molecule has 0 unspecified atom stereocenters. The Labute approximate surface area is 112 Å². The van der Waals surface area contributed by atoms with Gasteiger partial charge in [-0.2, -0.15) is 0 Å². The number of ether oxygens (including phenoxy) is 2. The van der Waals surface area contributed by atoms with Gasteiger partial charge in [0.25, 0.3) is 0 Å². The highest BCUT2D eigenvalue weighted by Crippen LogP contribution is 2.16. The van der Waals surface area contributed by atoms with Crippen molar-refractivity contribution >= 4 is 15.8 Å². The topological polar surface area (TPSA) is 27.7 Å². The van der Waals surface area contributed by atoms with Crippen LogP contribution in [0.1, 0.15) is 24.5 Å². The van der Waals surface area contributed by atoms with Crippen LogP contribution >= 0.6 is 0 Å². The van der Waals surface area contributed by atoms with Gasteiger partial charge in [0.2, 0.25) is 9.76 Å². The van der Waals surface area contributed by atoms with Crippen LogP contribution in [-0.4, -0.2) is 29.4 Å². The normalized spacial score (nSPS) is 12.2. The van der Waals surface area contributed by atoms with Crippen molar-refractivity contribution in [2.75, 3.05) is 14.2 Å². The van der Waals surface area contributed by atoms with Crippen LogP contribution in [0.5, 0.6) is 0 Å². The molecule has 0 radical (unpaired) electrons. The van der Waals surface area contributed by atoms with Crippen molar-refractivity contribution in [3.63, 3.8) is 0 Å². The fourth-order valence-electron chi connectivity index (χ4n) is 1.77. The Morgan fingerprint density at radius 1 is 1.28 bits per heavy atom. The van der Waals surface area contributed by atoms with Crippen LogP contribution in [-0.2, 0) is 20.5 Å². The molecule has 0 heterocycles. The first-order valence-electron chi connectivity index (χ1n) is 6.09. The second kappa shape index (κ2) is 7.48. The first-order chi connectivity index (χ1) is 8.71.